The molecule has 0 aromatic carbocycles. The van der Waals surface area contributed by atoms with E-state index in [1.807, 2.05) is 28.8 Å². The largest absolute Gasteiger partial charge is 0.348 e. The first-order chi connectivity index (χ1) is 9.76. The smallest absolute Gasteiger partial charge is 0.137 e. The van der Waals surface area contributed by atoms with Gasteiger partial charge in [0.1, 0.15) is 5.65 Å². The van der Waals surface area contributed by atoms with Gasteiger partial charge in [-0.1, -0.05) is 19.4 Å². The van der Waals surface area contributed by atoms with Crippen LogP contribution in [0.1, 0.15) is 37.1 Å². The van der Waals surface area contributed by atoms with E-state index in [0.29, 0.717) is 0 Å². The quantitative estimate of drug-likeness (QED) is 0.773. The van der Waals surface area contributed by atoms with Gasteiger partial charge in [0, 0.05) is 30.8 Å². The van der Waals surface area contributed by atoms with Crippen LogP contribution in [0.25, 0.3) is 5.65 Å². The Morgan fingerprint density at radius 2 is 2.10 bits per heavy atom. The number of hydrogen-bond acceptors (Lipinski definition) is 2. The van der Waals surface area contributed by atoms with Gasteiger partial charge in [-0.15, -0.1) is 0 Å². The number of pyridine rings is 1. The summed E-state index contributed by atoms with van der Waals surface area (Å²) in [5.74, 6) is 0. The molecule has 104 valence electrons. The van der Waals surface area contributed by atoms with Crippen molar-refractivity contribution in [1.82, 2.24) is 14.0 Å². The van der Waals surface area contributed by atoms with Gasteiger partial charge in [-0.2, -0.15) is 0 Å². The van der Waals surface area contributed by atoms with Crippen LogP contribution in [0.3, 0.4) is 0 Å². The van der Waals surface area contributed by atoms with Crippen molar-refractivity contribution in [3.05, 3.63) is 60.3 Å². The van der Waals surface area contributed by atoms with E-state index in [2.05, 4.69) is 41.1 Å². The zero-order valence-corrected chi connectivity index (χ0v) is 11.7. The Bertz CT molecular complexity index is 662. The van der Waals surface area contributed by atoms with Gasteiger partial charge in [-0.05, 0) is 30.2 Å². The highest BCUT2D eigenvalue weighted by Crippen LogP contribution is 2.16. The molecule has 0 saturated heterocycles. The number of aromatic nitrogens is 3. The predicted molar refractivity (Wildman–Crippen MR) is 80.6 cm³/mol. The Morgan fingerprint density at radius 1 is 1.20 bits per heavy atom. The average molecular weight is 268 g/mol. The fourth-order valence-corrected chi connectivity index (χ4v) is 2.51. The third-order valence-electron chi connectivity index (χ3n) is 3.56. The van der Waals surface area contributed by atoms with Crippen molar-refractivity contribution in [3.63, 3.8) is 0 Å². The maximum absolute atomic E-state index is 6.14. The zero-order valence-electron chi connectivity index (χ0n) is 11.7. The third kappa shape index (κ3) is 2.60. The average Bonchev–Trinajstić information content (AvgIpc) is 3.05. The summed E-state index contributed by atoms with van der Waals surface area (Å²) in [6.45, 7) is 2.94. The van der Waals surface area contributed by atoms with Crippen molar-refractivity contribution >= 4 is 5.65 Å². The molecular formula is C16H20N4. The van der Waals surface area contributed by atoms with Crippen molar-refractivity contribution in [1.29, 1.82) is 0 Å². The van der Waals surface area contributed by atoms with Gasteiger partial charge in [0.25, 0.3) is 0 Å². The Labute approximate surface area is 118 Å². The fourth-order valence-electron chi connectivity index (χ4n) is 2.51. The summed E-state index contributed by atoms with van der Waals surface area (Å²) >= 11 is 0. The summed E-state index contributed by atoms with van der Waals surface area (Å²) in [6.07, 6.45) is 10.4. The Balaban J connectivity index is 1.77. The minimum absolute atomic E-state index is 0.141. The number of hydrogen-bond donors (Lipinski definition) is 1. The lowest BCUT2D eigenvalue weighted by Gasteiger charge is -2.07. The van der Waals surface area contributed by atoms with Crippen LogP contribution in [0.2, 0.25) is 0 Å². The number of rotatable bonds is 5. The van der Waals surface area contributed by atoms with E-state index in [9.17, 15) is 0 Å². The van der Waals surface area contributed by atoms with Gasteiger partial charge in [-0.25, -0.2) is 4.98 Å². The van der Waals surface area contributed by atoms with E-state index < -0.39 is 0 Å². The first-order valence-electron chi connectivity index (χ1n) is 7.10. The lowest BCUT2D eigenvalue weighted by molar-refractivity contribution is 0.635. The summed E-state index contributed by atoms with van der Waals surface area (Å²) in [6, 6.07) is 8.28. The highest BCUT2D eigenvalue weighted by Gasteiger charge is 2.07. The second-order valence-electron chi connectivity index (χ2n) is 5.21. The van der Waals surface area contributed by atoms with Crippen LogP contribution in [0.4, 0.5) is 0 Å². The maximum atomic E-state index is 6.14. The van der Waals surface area contributed by atoms with Crippen LogP contribution in [-0.4, -0.2) is 14.0 Å². The van der Waals surface area contributed by atoms with Crippen molar-refractivity contribution < 1.29 is 0 Å². The molecule has 0 amide bonds. The molecule has 0 aliphatic carbocycles. The Kier molecular flexibility index (Phi) is 3.56. The molecule has 0 radical (unpaired) electrons. The molecule has 3 aromatic heterocycles. The van der Waals surface area contributed by atoms with Crippen LogP contribution in [0, 0.1) is 0 Å². The van der Waals surface area contributed by atoms with Gasteiger partial charge < -0.3 is 14.7 Å². The third-order valence-corrected chi connectivity index (χ3v) is 3.56. The maximum Gasteiger partial charge on any atom is 0.137 e. The minimum Gasteiger partial charge on any atom is -0.348 e. The molecule has 0 aliphatic heterocycles. The predicted octanol–water partition coefficient (Wildman–Crippen LogP) is 2.98. The van der Waals surface area contributed by atoms with Gasteiger partial charge in [0.05, 0.1) is 12.2 Å². The van der Waals surface area contributed by atoms with E-state index in [1.54, 1.807) is 0 Å². The second-order valence-corrected chi connectivity index (χ2v) is 5.21. The number of nitrogens with zero attached hydrogens (tertiary/aromatic N) is 3. The van der Waals surface area contributed by atoms with Crippen LogP contribution in [0.15, 0.2) is 49.1 Å². The molecule has 0 bridgehead atoms. The minimum atomic E-state index is 0.141. The van der Waals surface area contributed by atoms with Gasteiger partial charge in [-0.3, -0.25) is 0 Å². The molecule has 3 aromatic rings. The molecule has 4 heteroatoms. The van der Waals surface area contributed by atoms with Crippen LogP contribution in [-0.2, 0) is 6.54 Å². The molecule has 2 N–H and O–H groups in total. The number of imidazole rings is 1. The van der Waals surface area contributed by atoms with Crippen molar-refractivity contribution in [2.24, 2.45) is 5.73 Å². The molecule has 20 heavy (non-hydrogen) atoms. The van der Waals surface area contributed by atoms with E-state index in [4.69, 9.17) is 5.73 Å². The van der Waals surface area contributed by atoms with Crippen LogP contribution >= 0.6 is 0 Å². The van der Waals surface area contributed by atoms with Crippen LogP contribution in [0.5, 0.6) is 0 Å². The van der Waals surface area contributed by atoms with Crippen LogP contribution < -0.4 is 5.73 Å². The molecule has 3 rings (SSSR count). The van der Waals surface area contributed by atoms with Crippen molar-refractivity contribution in [2.75, 3.05) is 0 Å². The van der Waals surface area contributed by atoms with E-state index >= 15 is 0 Å². The summed E-state index contributed by atoms with van der Waals surface area (Å²) in [5.41, 5.74) is 9.39. The van der Waals surface area contributed by atoms with Crippen molar-refractivity contribution in [2.45, 2.75) is 32.4 Å². The SMILES string of the molecule is CCCC(N)c1ccn(Cc2cn3ccccc3n2)c1. The molecule has 4 nitrogen and oxygen atoms in total. The normalized spacial score (nSPS) is 12.9. The standard InChI is InChI=1S/C16H20N4/c1-2-5-15(17)13-7-9-19(10-13)11-14-12-20-8-4-3-6-16(20)18-14/h3-4,6-10,12,15H,2,5,11,17H2,1H3. The van der Waals surface area contributed by atoms with Crippen molar-refractivity contribution in [3.8, 4) is 0 Å². The zero-order chi connectivity index (χ0) is 13.9. The summed E-state index contributed by atoms with van der Waals surface area (Å²) in [4.78, 5) is 4.61. The molecule has 0 spiro atoms. The first-order valence-corrected chi connectivity index (χ1v) is 7.10. The number of fused-ring (bicyclic) bond motifs is 1. The van der Waals surface area contributed by atoms with Gasteiger partial charge in [0.15, 0.2) is 0 Å². The fraction of sp³-hybridized carbons (Fsp3) is 0.312. The summed E-state index contributed by atoms with van der Waals surface area (Å²) < 4.78 is 4.19. The molecular weight excluding hydrogens is 248 g/mol. The molecule has 1 unspecified atom stereocenters. The molecule has 3 heterocycles. The molecule has 1 atom stereocenters. The monoisotopic (exact) mass is 268 g/mol. The molecule has 0 saturated carbocycles. The topological polar surface area (TPSA) is 48.2 Å². The molecule has 0 aliphatic rings. The number of nitrogens with two attached hydrogens (primary N) is 1. The lowest BCUT2D eigenvalue weighted by Crippen LogP contribution is -2.08. The lowest BCUT2D eigenvalue weighted by atomic mass is 10.1. The highest BCUT2D eigenvalue weighted by atomic mass is 15.0. The summed E-state index contributed by atoms with van der Waals surface area (Å²) in [5, 5.41) is 0. The highest BCUT2D eigenvalue weighted by molar-refractivity contribution is 5.39. The first kappa shape index (κ1) is 12.9. The molecule has 0 fully saturated rings. The Morgan fingerprint density at radius 3 is 2.90 bits per heavy atom. The van der Waals surface area contributed by atoms with Gasteiger partial charge in [0.2, 0.25) is 0 Å². The van der Waals surface area contributed by atoms with E-state index in [1.165, 1.54) is 5.56 Å². The van der Waals surface area contributed by atoms with Gasteiger partial charge >= 0.3 is 0 Å². The summed E-state index contributed by atoms with van der Waals surface area (Å²) in [7, 11) is 0. The second kappa shape index (κ2) is 5.51. The Hall–Kier alpha value is -2.07. The van der Waals surface area contributed by atoms with E-state index in [0.717, 1.165) is 30.7 Å². The van der Waals surface area contributed by atoms with E-state index in [-0.39, 0.29) is 6.04 Å².